The van der Waals surface area contributed by atoms with Gasteiger partial charge in [-0.15, -0.1) is 0 Å². The highest BCUT2D eigenvalue weighted by molar-refractivity contribution is 6.31. The average Bonchev–Trinajstić information content (AvgIpc) is 2.73. The molecule has 0 aliphatic heterocycles. The first-order chi connectivity index (χ1) is 13.6. The smallest absolute Gasteiger partial charge is 0.255 e. The van der Waals surface area contributed by atoms with Crippen LogP contribution in [0.5, 0.6) is 0 Å². The molecule has 4 rings (SSSR count). The number of nitrogens with one attached hydrogen (secondary N) is 1. The van der Waals surface area contributed by atoms with Crippen molar-refractivity contribution in [2.24, 2.45) is 0 Å². The zero-order chi connectivity index (χ0) is 19.5. The third-order valence-electron chi connectivity index (χ3n) is 4.22. The molecule has 0 bridgehead atoms. The zero-order valence-electron chi connectivity index (χ0n) is 14.6. The van der Waals surface area contributed by atoms with Crippen molar-refractivity contribution >= 4 is 40.0 Å². The van der Waals surface area contributed by atoms with Gasteiger partial charge in [-0.1, -0.05) is 17.7 Å². The monoisotopic (exact) mass is 387 g/mol. The summed E-state index contributed by atoms with van der Waals surface area (Å²) in [4.78, 5) is 33.4. The highest BCUT2D eigenvalue weighted by Gasteiger charge is 2.11. The van der Waals surface area contributed by atoms with E-state index in [1.54, 1.807) is 79.1 Å². The number of amides is 1. The highest BCUT2D eigenvalue weighted by atomic mass is 35.5. The number of rotatable bonds is 4. The summed E-state index contributed by atoms with van der Waals surface area (Å²) in [6.07, 6.45) is 3.20. The first-order valence-corrected chi connectivity index (χ1v) is 8.90. The molecule has 4 aromatic rings. The molecule has 136 valence electrons. The molecule has 0 aliphatic rings. The van der Waals surface area contributed by atoms with E-state index in [-0.39, 0.29) is 11.7 Å². The normalized spacial score (nSPS) is 10.6. The Morgan fingerprint density at radius 3 is 2.21 bits per heavy atom. The van der Waals surface area contributed by atoms with Crippen LogP contribution in [-0.2, 0) is 0 Å². The number of fused-ring (bicyclic) bond motifs is 1. The first-order valence-electron chi connectivity index (χ1n) is 8.52. The van der Waals surface area contributed by atoms with Crippen molar-refractivity contribution < 1.29 is 9.59 Å². The molecule has 1 amide bonds. The molecule has 6 heteroatoms. The van der Waals surface area contributed by atoms with E-state index in [4.69, 9.17) is 11.6 Å². The van der Waals surface area contributed by atoms with Gasteiger partial charge in [-0.05, 0) is 60.7 Å². The average molecular weight is 388 g/mol. The van der Waals surface area contributed by atoms with Crippen LogP contribution < -0.4 is 5.32 Å². The maximum atomic E-state index is 12.7. The molecule has 0 saturated carbocycles. The van der Waals surface area contributed by atoms with Crippen LogP contribution in [0.4, 0.5) is 5.69 Å². The van der Waals surface area contributed by atoms with Gasteiger partial charge >= 0.3 is 0 Å². The lowest BCUT2D eigenvalue weighted by atomic mass is 10.0. The van der Waals surface area contributed by atoms with Crippen LogP contribution in [0.15, 0.2) is 79.1 Å². The fourth-order valence-electron chi connectivity index (χ4n) is 2.81. The zero-order valence-corrected chi connectivity index (χ0v) is 15.4. The largest absolute Gasteiger partial charge is 0.322 e. The van der Waals surface area contributed by atoms with Gasteiger partial charge in [0.05, 0.1) is 11.0 Å². The molecule has 1 aromatic heterocycles. The minimum absolute atomic E-state index is 0.125. The number of halogens is 1. The number of hydrogen-bond donors (Lipinski definition) is 1. The van der Waals surface area contributed by atoms with Crippen molar-refractivity contribution in [3.05, 3.63) is 101 Å². The van der Waals surface area contributed by atoms with Gasteiger partial charge in [0.2, 0.25) is 0 Å². The molecule has 0 fully saturated rings. The molecule has 1 N–H and O–H groups in total. The molecular weight excluding hydrogens is 374 g/mol. The van der Waals surface area contributed by atoms with Crippen molar-refractivity contribution in [3.8, 4) is 0 Å². The number of benzene rings is 3. The molecular formula is C22H14ClN3O2. The van der Waals surface area contributed by atoms with Crippen molar-refractivity contribution in [3.63, 3.8) is 0 Å². The number of nitrogens with zero attached hydrogens (tertiary/aromatic N) is 2. The minimum atomic E-state index is -0.269. The predicted octanol–water partition coefficient (Wildman–Crippen LogP) is 4.77. The lowest BCUT2D eigenvalue weighted by molar-refractivity contribution is 0.102. The van der Waals surface area contributed by atoms with E-state index in [1.165, 1.54) is 0 Å². The van der Waals surface area contributed by atoms with Crippen molar-refractivity contribution in [1.82, 2.24) is 9.97 Å². The van der Waals surface area contributed by atoms with E-state index in [0.29, 0.717) is 32.9 Å². The van der Waals surface area contributed by atoms with Crippen LogP contribution >= 0.6 is 11.6 Å². The van der Waals surface area contributed by atoms with Crippen LogP contribution in [0.3, 0.4) is 0 Å². The number of anilines is 1. The Bertz CT molecular complexity index is 1190. The standard InChI is InChI=1S/C22H14ClN3O2/c23-17-3-1-2-16(12-17)22(28)26-18-7-4-14(5-8-18)21(27)15-6-9-19-20(13-15)25-11-10-24-19/h1-13H,(H,26,28). The lowest BCUT2D eigenvalue weighted by Crippen LogP contribution is -2.12. The van der Waals surface area contributed by atoms with Crippen LogP contribution in [0, 0.1) is 0 Å². The van der Waals surface area contributed by atoms with E-state index < -0.39 is 0 Å². The van der Waals surface area contributed by atoms with Crippen LogP contribution in [-0.4, -0.2) is 21.7 Å². The molecule has 1 heterocycles. The molecule has 0 atom stereocenters. The van der Waals surface area contributed by atoms with Gasteiger partial charge in [-0.25, -0.2) is 0 Å². The lowest BCUT2D eigenvalue weighted by Gasteiger charge is -2.07. The van der Waals surface area contributed by atoms with Gasteiger partial charge in [-0.3, -0.25) is 19.6 Å². The maximum absolute atomic E-state index is 12.7. The number of carbonyl (C=O) groups is 2. The van der Waals surface area contributed by atoms with Crippen molar-refractivity contribution in [2.75, 3.05) is 5.32 Å². The van der Waals surface area contributed by atoms with Gasteiger partial charge in [0.15, 0.2) is 5.78 Å². The van der Waals surface area contributed by atoms with Crippen molar-refractivity contribution in [1.29, 1.82) is 0 Å². The Labute approximate surface area is 166 Å². The second kappa shape index (κ2) is 7.58. The molecule has 3 aromatic carbocycles. The van der Waals surface area contributed by atoms with Crippen molar-refractivity contribution in [2.45, 2.75) is 0 Å². The predicted molar refractivity (Wildman–Crippen MR) is 109 cm³/mol. The summed E-state index contributed by atoms with van der Waals surface area (Å²) in [7, 11) is 0. The molecule has 0 radical (unpaired) electrons. The Hall–Kier alpha value is -3.57. The summed E-state index contributed by atoms with van der Waals surface area (Å²) in [5.41, 5.74) is 3.50. The van der Waals surface area contributed by atoms with Gasteiger partial charge in [-0.2, -0.15) is 0 Å². The quantitative estimate of drug-likeness (QED) is 0.512. The third kappa shape index (κ3) is 3.75. The Morgan fingerprint density at radius 1 is 0.750 bits per heavy atom. The second-order valence-electron chi connectivity index (χ2n) is 6.13. The second-order valence-corrected chi connectivity index (χ2v) is 6.57. The van der Waals surface area contributed by atoms with Gasteiger partial charge in [0.25, 0.3) is 5.91 Å². The fourth-order valence-corrected chi connectivity index (χ4v) is 3.00. The maximum Gasteiger partial charge on any atom is 0.255 e. The molecule has 0 aliphatic carbocycles. The topological polar surface area (TPSA) is 72.0 Å². The third-order valence-corrected chi connectivity index (χ3v) is 4.46. The molecule has 5 nitrogen and oxygen atoms in total. The van der Waals surface area contributed by atoms with E-state index >= 15 is 0 Å². The summed E-state index contributed by atoms with van der Waals surface area (Å²) in [5.74, 6) is -0.394. The van der Waals surface area contributed by atoms with E-state index in [9.17, 15) is 9.59 Å². The van der Waals surface area contributed by atoms with E-state index in [0.717, 1.165) is 5.52 Å². The Kier molecular flexibility index (Phi) is 4.83. The summed E-state index contributed by atoms with van der Waals surface area (Å²) >= 11 is 5.92. The van der Waals surface area contributed by atoms with Crippen LogP contribution in [0.2, 0.25) is 5.02 Å². The van der Waals surface area contributed by atoms with E-state index in [2.05, 4.69) is 15.3 Å². The molecule has 28 heavy (non-hydrogen) atoms. The number of aromatic nitrogens is 2. The SMILES string of the molecule is O=C(Nc1ccc(C(=O)c2ccc3nccnc3c2)cc1)c1cccc(Cl)c1. The Morgan fingerprint density at radius 2 is 1.46 bits per heavy atom. The minimum Gasteiger partial charge on any atom is -0.322 e. The Balaban J connectivity index is 1.52. The van der Waals surface area contributed by atoms with E-state index in [1.807, 2.05) is 0 Å². The van der Waals surface area contributed by atoms with Crippen LogP contribution in [0.25, 0.3) is 11.0 Å². The number of hydrogen-bond acceptors (Lipinski definition) is 4. The molecule has 0 saturated heterocycles. The fraction of sp³-hybridized carbons (Fsp3) is 0. The first kappa shape index (κ1) is 17.8. The highest BCUT2D eigenvalue weighted by Crippen LogP contribution is 2.18. The van der Waals surface area contributed by atoms with Crippen LogP contribution in [0.1, 0.15) is 26.3 Å². The van der Waals surface area contributed by atoms with Gasteiger partial charge < -0.3 is 5.32 Å². The molecule has 0 spiro atoms. The number of carbonyl (C=O) groups excluding carboxylic acids is 2. The van der Waals surface area contributed by atoms with Gasteiger partial charge in [0.1, 0.15) is 0 Å². The summed E-state index contributed by atoms with van der Waals surface area (Å²) in [6.45, 7) is 0. The summed E-state index contributed by atoms with van der Waals surface area (Å²) in [6, 6.07) is 18.7. The number of ketones is 1. The summed E-state index contributed by atoms with van der Waals surface area (Å²) < 4.78 is 0. The van der Waals surface area contributed by atoms with Gasteiger partial charge in [0, 0.05) is 39.8 Å². The summed E-state index contributed by atoms with van der Waals surface area (Å²) in [5, 5.41) is 3.28. The molecule has 0 unspecified atom stereocenters.